The number of allylic oxidation sites excluding steroid dienone is 2. The van der Waals surface area contributed by atoms with Crippen LogP contribution in [0.3, 0.4) is 0 Å². The molecule has 0 aliphatic carbocycles. The number of phosphoric ester groups is 1. The summed E-state index contributed by atoms with van der Waals surface area (Å²) in [6.45, 7) is 18.7. The van der Waals surface area contributed by atoms with Crippen LogP contribution >= 0.6 is 7.82 Å². The van der Waals surface area contributed by atoms with E-state index in [4.69, 9.17) is 60.9 Å². The van der Waals surface area contributed by atoms with Crippen LogP contribution in [0.1, 0.15) is 285 Å². The maximum atomic E-state index is 14.7. The second-order valence-corrected chi connectivity index (χ2v) is 27.8. The molecule has 97 heavy (non-hydrogen) atoms. The summed E-state index contributed by atoms with van der Waals surface area (Å²) < 4.78 is 95.2. The highest BCUT2D eigenvalue weighted by atomic mass is 31.2. The zero-order chi connectivity index (χ0) is 70.8. The van der Waals surface area contributed by atoms with Gasteiger partial charge in [-0.3, -0.25) is 28.0 Å². The van der Waals surface area contributed by atoms with E-state index >= 15 is 0 Å². The first-order valence-electron chi connectivity index (χ1n) is 38.0. The number of ketones is 1. The minimum atomic E-state index is -4.51. The highest BCUT2D eigenvalue weighted by Crippen LogP contribution is 2.53. The largest absolute Gasteiger partial charge is 0.509 e. The van der Waals surface area contributed by atoms with E-state index in [0.29, 0.717) is 25.7 Å². The summed E-state index contributed by atoms with van der Waals surface area (Å²) in [6.07, 6.45) is 32.8. The number of Topliss-reactive ketones (excluding diaryl/α,β-unsaturated/α-hetero) is 1. The molecular formula is C76H136NO19P. The summed E-state index contributed by atoms with van der Waals surface area (Å²) in [6, 6.07) is -1.34. The van der Waals surface area contributed by atoms with Crippen molar-refractivity contribution in [3.05, 3.63) is 50.1 Å². The first kappa shape index (κ1) is 89.7. The smallest absolute Gasteiger partial charge is 0.454 e. The molecule has 1 amide bonds. The fourth-order valence-electron chi connectivity index (χ4n) is 12.1. The Labute approximate surface area is 586 Å². The highest BCUT2D eigenvalue weighted by molar-refractivity contribution is 7.48. The molecule has 0 bridgehead atoms. The van der Waals surface area contributed by atoms with Crippen LogP contribution in [-0.4, -0.2) is 157 Å². The Hall–Kier alpha value is -3.37. The second kappa shape index (κ2) is 60.2. The number of carbonyl (C=O) groups is 4. The number of nitrogens with one attached hydrogen (secondary N) is 1. The molecule has 2 N–H and O–H groups in total. The summed E-state index contributed by atoms with van der Waals surface area (Å²) in [5.74, 6) is -1.50. The Morgan fingerprint density at radius 2 is 1.01 bits per heavy atom. The highest BCUT2D eigenvalue weighted by Gasteiger charge is 2.55. The van der Waals surface area contributed by atoms with Gasteiger partial charge in [-0.25, -0.2) is 9.36 Å². The number of methoxy groups -OCH3 is 2. The summed E-state index contributed by atoms with van der Waals surface area (Å²) >= 11 is 0. The Bertz CT molecular complexity index is 2070. The maximum Gasteiger partial charge on any atom is 0.509 e. The number of hydrogen-bond donors (Lipinski definition) is 2. The molecule has 0 aromatic heterocycles. The van der Waals surface area contributed by atoms with E-state index in [0.717, 1.165) is 154 Å². The number of aliphatic hydroxyl groups is 1. The van der Waals surface area contributed by atoms with Crippen LogP contribution in [-0.2, 0) is 79.9 Å². The van der Waals surface area contributed by atoms with Crippen molar-refractivity contribution < 1.29 is 89.8 Å². The average molecular weight is 1400 g/mol. The number of amides is 1. The second-order valence-electron chi connectivity index (χ2n) is 26.2. The molecule has 11 atom stereocenters. The molecular weight excluding hydrogens is 1260 g/mol. The number of phosphoric acid groups is 1. The number of carbonyl (C=O) groups excluding carboxylic acids is 4. The van der Waals surface area contributed by atoms with Crippen LogP contribution in [0.4, 0.5) is 4.79 Å². The van der Waals surface area contributed by atoms with Crippen LogP contribution in [0.5, 0.6) is 0 Å². The van der Waals surface area contributed by atoms with E-state index in [2.05, 4.69) is 64.9 Å². The fourth-order valence-corrected chi connectivity index (χ4v) is 13.5. The summed E-state index contributed by atoms with van der Waals surface area (Å²) in [5.41, 5.74) is 0. The van der Waals surface area contributed by atoms with Crippen molar-refractivity contribution in [2.75, 3.05) is 60.5 Å². The summed E-state index contributed by atoms with van der Waals surface area (Å²) in [4.78, 5) is 55.3. The SMILES string of the molecule is C=CCOC(=O)O[C@H]1[C@H](OCCCCCCCCCC)[C@H](NC(=O)CC(=O)CCCCCCCCCCC)[C@@H](O)O[C@@H]1CO[C@@H]1O[C@H](COC)[C@@H](OP(=O)(OCC=C)OCC=C)[C@H](OCC[C@H](CCCCCCC)OC)[C@H]1OC(=O)CCCCCCCCC/C=C\CCCCCC. The molecule has 2 rings (SSSR count). The predicted molar refractivity (Wildman–Crippen MR) is 382 cm³/mol. The van der Waals surface area contributed by atoms with Crippen molar-refractivity contribution in [2.24, 2.45) is 0 Å². The molecule has 2 heterocycles. The summed E-state index contributed by atoms with van der Waals surface area (Å²) in [7, 11) is -1.41. The van der Waals surface area contributed by atoms with Gasteiger partial charge < -0.3 is 57.8 Å². The van der Waals surface area contributed by atoms with Gasteiger partial charge in [-0.15, -0.1) is 13.2 Å². The normalized spacial score (nSPS) is 21.5. The van der Waals surface area contributed by atoms with Gasteiger partial charge in [0.25, 0.3) is 0 Å². The first-order chi connectivity index (χ1) is 47.3. The van der Waals surface area contributed by atoms with E-state index in [1.165, 1.54) is 83.1 Å². The molecule has 0 spiro atoms. The van der Waals surface area contributed by atoms with Crippen LogP contribution in [0.25, 0.3) is 0 Å². The quantitative estimate of drug-likeness (QED) is 0.0189. The van der Waals surface area contributed by atoms with Gasteiger partial charge in [0.05, 0.1) is 39.0 Å². The molecule has 0 aromatic carbocycles. The number of aliphatic hydroxyl groups excluding tert-OH is 1. The first-order valence-corrected chi connectivity index (χ1v) is 39.5. The van der Waals surface area contributed by atoms with E-state index in [1.807, 2.05) is 0 Å². The zero-order valence-electron chi connectivity index (χ0n) is 61.3. The van der Waals surface area contributed by atoms with Crippen molar-refractivity contribution in [1.82, 2.24) is 5.32 Å². The van der Waals surface area contributed by atoms with Gasteiger partial charge >= 0.3 is 19.9 Å². The topological polar surface area (TPSA) is 238 Å². The van der Waals surface area contributed by atoms with Crippen LogP contribution in [0.2, 0.25) is 0 Å². The third-order valence-electron chi connectivity index (χ3n) is 17.7. The number of esters is 1. The fraction of sp³-hybridized carbons (Fsp3) is 0.842. The lowest BCUT2D eigenvalue weighted by atomic mass is 9.95. The van der Waals surface area contributed by atoms with Gasteiger partial charge in [0.2, 0.25) is 5.91 Å². The van der Waals surface area contributed by atoms with Crippen molar-refractivity contribution in [2.45, 2.75) is 352 Å². The van der Waals surface area contributed by atoms with E-state index < -0.39 is 100 Å². The Balaban J connectivity index is 2.65. The monoisotopic (exact) mass is 1400 g/mol. The Morgan fingerprint density at radius 3 is 1.56 bits per heavy atom. The molecule has 2 aliphatic heterocycles. The standard InChI is InChI=1S/C76H136NO19P/c1-10-17-21-25-28-31-32-33-34-35-36-38-40-44-48-52-67(80)94-73-72(87-58-53-63(85-9)51-47-42-24-20-13-4)70(96-97(83,90-55-15-6)91-56-16-7)64(60-84-8)93-75(73)89-61-65-69(95-76(82)88-54-14-5)71(86-57-49-45-41-30-27-23-19-12-3)68(74(81)92-65)77-66(79)59-62(78)50-46-43-39-37-29-26-22-18-11-2/h14-16,31-32,63-65,68-75,81H,5-7,10-13,17-30,33-61H2,1-4,8-9H3,(H,77,79)/b32-31-/t63-,64+,65+,68-,69+,70+,71+,72-,73+,74-,75+/m0/s1. The molecule has 2 fully saturated rings. The number of unbranched alkanes of at least 4 members (excludes halogenated alkanes) is 30. The lowest BCUT2D eigenvalue weighted by Gasteiger charge is -2.47. The van der Waals surface area contributed by atoms with Gasteiger partial charge in [-0.2, -0.15) is 0 Å². The van der Waals surface area contributed by atoms with Gasteiger partial charge in [0, 0.05) is 40.3 Å². The Morgan fingerprint density at radius 1 is 0.515 bits per heavy atom. The van der Waals surface area contributed by atoms with Gasteiger partial charge in [0.1, 0.15) is 49.0 Å². The van der Waals surface area contributed by atoms with E-state index in [9.17, 15) is 28.8 Å². The van der Waals surface area contributed by atoms with Crippen molar-refractivity contribution >= 4 is 31.6 Å². The number of hydrogen-bond acceptors (Lipinski definition) is 19. The molecule has 0 saturated carbocycles. The van der Waals surface area contributed by atoms with Crippen LogP contribution in [0.15, 0.2) is 50.1 Å². The lowest BCUT2D eigenvalue weighted by molar-refractivity contribution is -0.325. The molecule has 0 radical (unpaired) electrons. The zero-order valence-corrected chi connectivity index (χ0v) is 62.2. The number of rotatable bonds is 66. The van der Waals surface area contributed by atoms with Crippen molar-refractivity contribution in [1.29, 1.82) is 0 Å². The molecule has 21 heteroatoms. The molecule has 0 unspecified atom stereocenters. The van der Waals surface area contributed by atoms with E-state index in [-0.39, 0.29) is 64.4 Å². The predicted octanol–water partition coefficient (Wildman–Crippen LogP) is 17.7. The lowest BCUT2D eigenvalue weighted by Crippen LogP contribution is -2.66. The van der Waals surface area contributed by atoms with Crippen LogP contribution in [0, 0.1) is 0 Å². The number of ether oxygens (including phenoxy) is 10. The van der Waals surface area contributed by atoms with Crippen molar-refractivity contribution in [3.8, 4) is 0 Å². The molecule has 20 nitrogen and oxygen atoms in total. The minimum absolute atomic E-state index is 0.0374. The van der Waals surface area contributed by atoms with Crippen molar-refractivity contribution in [3.63, 3.8) is 0 Å². The maximum absolute atomic E-state index is 14.7. The average Bonchev–Trinajstić information content (AvgIpc) is 0.787. The molecule has 564 valence electrons. The van der Waals surface area contributed by atoms with Gasteiger partial charge in [-0.1, -0.05) is 244 Å². The minimum Gasteiger partial charge on any atom is -0.454 e. The van der Waals surface area contributed by atoms with Gasteiger partial charge in [0.15, 0.2) is 24.8 Å². The summed E-state index contributed by atoms with van der Waals surface area (Å²) in [5, 5.41) is 14.9. The molecule has 2 saturated heterocycles. The van der Waals surface area contributed by atoms with Gasteiger partial charge in [-0.05, 0) is 57.8 Å². The molecule has 0 aromatic rings. The van der Waals surface area contributed by atoms with E-state index in [1.54, 1.807) is 7.11 Å². The third-order valence-corrected chi connectivity index (χ3v) is 19.1. The Kier molecular flexibility index (Phi) is 55.7. The third kappa shape index (κ3) is 42.6. The molecule has 2 aliphatic rings. The van der Waals surface area contributed by atoms with Crippen LogP contribution < -0.4 is 5.32 Å².